The van der Waals surface area contributed by atoms with Gasteiger partial charge in [-0.25, -0.2) is 14.4 Å². The van der Waals surface area contributed by atoms with Crippen LogP contribution in [0.3, 0.4) is 0 Å². The molecule has 0 atom stereocenters. The molecule has 0 unspecified atom stereocenters. The molecule has 1 aromatic carbocycles. The number of rotatable bonds is 11. The van der Waals surface area contributed by atoms with Crippen LogP contribution >= 0.6 is 0 Å². The SMILES string of the molecule is CCCCOC(=O)N1CCc2c([nH]c3ccccc23)C1(C(=O)OCCCC)C(=O)OCCCC. The zero-order valence-electron chi connectivity index (χ0n) is 20.5. The molecule has 2 aromatic rings. The fourth-order valence-electron chi connectivity index (χ4n) is 4.24. The van der Waals surface area contributed by atoms with Crippen molar-refractivity contribution in [3.8, 4) is 0 Å². The second kappa shape index (κ2) is 11.9. The predicted molar refractivity (Wildman–Crippen MR) is 128 cm³/mol. The molecule has 0 fully saturated rings. The van der Waals surface area contributed by atoms with Crippen molar-refractivity contribution in [1.82, 2.24) is 9.88 Å². The van der Waals surface area contributed by atoms with E-state index in [4.69, 9.17) is 14.2 Å². The fourth-order valence-corrected chi connectivity index (χ4v) is 4.24. The van der Waals surface area contributed by atoms with Crippen LogP contribution < -0.4 is 0 Å². The number of esters is 2. The maximum Gasteiger partial charge on any atom is 0.411 e. The Morgan fingerprint density at radius 2 is 1.44 bits per heavy atom. The van der Waals surface area contributed by atoms with E-state index in [0.29, 0.717) is 31.4 Å². The first-order valence-corrected chi connectivity index (χ1v) is 12.4. The lowest BCUT2D eigenvalue weighted by Crippen LogP contribution is -2.63. The van der Waals surface area contributed by atoms with E-state index in [-0.39, 0.29) is 26.4 Å². The van der Waals surface area contributed by atoms with Gasteiger partial charge in [-0.15, -0.1) is 0 Å². The highest BCUT2D eigenvalue weighted by atomic mass is 16.6. The zero-order chi connectivity index (χ0) is 24.6. The topological polar surface area (TPSA) is 97.9 Å². The largest absolute Gasteiger partial charge is 0.463 e. The number of para-hydroxylation sites is 1. The molecule has 1 amide bonds. The van der Waals surface area contributed by atoms with Crippen LogP contribution in [0.15, 0.2) is 24.3 Å². The molecule has 0 radical (unpaired) electrons. The Morgan fingerprint density at radius 3 is 2.03 bits per heavy atom. The van der Waals surface area contributed by atoms with Crippen LogP contribution in [0, 0.1) is 0 Å². The first kappa shape index (κ1) is 25.6. The molecule has 8 nitrogen and oxygen atoms in total. The van der Waals surface area contributed by atoms with Crippen molar-refractivity contribution >= 4 is 28.9 Å². The molecule has 1 aliphatic rings. The smallest absolute Gasteiger partial charge is 0.411 e. The number of ether oxygens (including phenoxy) is 3. The molecule has 1 aromatic heterocycles. The highest BCUT2D eigenvalue weighted by Gasteiger charge is 2.62. The minimum Gasteiger partial charge on any atom is -0.463 e. The van der Waals surface area contributed by atoms with E-state index >= 15 is 0 Å². The van der Waals surface area contributed by atoms with Crippen molar-refractivity contribution in [2.24, 2.45) is 0 Å². The van der Waals surface area contributed by atoms with Gasteiger partial charge < -0.3 is 19.2 Å². The number of hydrogen-bond acceptors (Lipinski definition) is 6. The van der Waals surface area contributed by atoms with Crippen LogP contribution in [0.5, 0.6) is 0 Å². The summed E-state index contributed by atoms with van der Waals surface area (Å²) in [6.45, 7) is 6.59. The number of carbonyl (C=O) groups is 3. The van der Waals surface area contributed by atoms with E-state index in [1.807, 2.05) is 45.0 Å². The van der Waals surface area contributed by atoms with Gasteiger partial charge in [0.1, 0.15) is 0 Å². The number of H-pyrrole nitrogens is 1. The lowest BCUT2D eigenvalue weighted by molar-refractivity contribution is -0.177. The number of nitrogens with zero attached hydrogens (tertiary/aromatic N) is 1. The summed E-state index contributed by atoms with van der Waals surface area (Å²) in [7, 11) is 0. The first-order valence-electron chi connectivity index (χ1n) is 12.4. The predicted octanol–water partition coefficient (Wildman–Crippen LogP) is 4.84. The summed E-state index contributed by atoms with van der Waals surface area (Å²) >= 11 is 0. The third-order valence-electron chi connectivity index (χ3n) is 6.16. The molecule has 0 saturated carbocycles. The van der Waals surface area contributed by atoms with Crippen LogP contribution in [0.1, 0.15) is 70.6 Å². The second-order valence-electron chi connectivity index (χ2n) is 8.58. The summed E-state index contributed by atoms with van der Waals surface area (Å²) in [5.41, 5.74) is -0.165. The van der Waals surface area contributed by atoms with E-state index in [1.54, 1.807) is 0 Å². The molecule has 0 aliphatic carbocycles. The fraction of sp³-hybridized carbons (Fsp3) is 0.577. The Morgan fingerprint density at radius 1 is 0.882 bits per heavy atom. The summed E-state index contributed by atoms with van der Waals surface area (Å²) in [6.07, 6.45) is 4.21. The van der Waals surface area contributed by atoms with Crippen LogP contribution in [-0.2, 0) is 35.8 Å². The number of hydrogen-bond donors (Lipinski definition) is 1. The molecule has 3 rings (SSSR count). The van der Waals surface area contributed by atoms with Gasteiger partial charge in [0.15, 0.2) is 0 Å². The van der Waals surface area contributed by atoms with E-state index in [1.165, 1.54) is 4.90 Å². The Labute approximate surface area is 200 Å². The van der Waals surface area contributed by atoms with Gasteiger partial charge in [0.2, 0.25) is 0 Å². The third-order valence-corrected chi connectivity index (χ3v) is 6.16. The zero-order valence-corrected chi connectivity index (χ0v) is 20.5. The average molecular weight is 473 g/mol. The Balaban J connectivity index is 2.14. The number of benzene rings is 1. The van der Waals surface area contributed by atoms with E-state index in [9.17, 15) is 14.4 Å². The van der Waals surface area contributed by atoms with E-state index < -0.39 is 23.6 Å². The van der Waals surface area contributed by atoms with Crippen molar-refractivity contribution in [3.05, 3.63) is 35.5 Å². The highest BCUT2D eigenvalue weighted by molar-refractivity contribution is 6.09. The molecule has 8 heteroatoms. The first-order chi connectivity index (χ1) is 16.5. The lowest BCUT2D eigenvalue weighted by atomic mass is 9.84. The molecule has 1 N–H and O–H groups in total. The minimum atomic E-state index is -2.09. The molecule has 1 aliphatic heterocycles. The molecule has 0 spiro atoms. The Hall–Kier alpha value is -3.03. The summed E-state index contributed by atoms with van der Waals surface area (Å²) in [5.74, 6) is -1.63. The van der Waals surface area contributed by atoms with E-state index in [2.05, 4.69) is 4.98 Å². The van der Waals surface area contributed by atoms with Gasteiger partial charge in [0.05, 0.1) is 25.5 Å². The van der Waals surface area contributed by atoms with Crippen molar-refractivity contribution < 1.29 is 28.6 Å². The summed E-state index contributed by atoms with van der Waals surface area (Å²) in [5, 5.41) is 0.906. The van der Waals surface area contributed by atoms with Crippen molar-refractivity contribution in [3.63, 3.8) is 0 Å². The third kappa shape index (κ3) is 4.91. The molecule has 0 saturated heterocycles. The molecule has 0 bridgehead atoms. The standard InChI is InChI=1S/C26H36N2O6/c1-4-7-16-32-23(29)26(24(30)33-17-8-5-2)22-20(19-12-10-11-13-21(19)27-22)14-15-28(26)25(31)34-18-9-6-3/h10-13,27H,4-9,14-18H2,1-3H3. The monoisotopic (exact) mass is 472 g/mol. The number of nitrogens with one attached hydrogen (secondary N) is 1. The quantitative estimate of drug-likeness (QED) is 0.217. The average Bonchev–Trinajstić information content (AvgIpc) is 3.22. The normalized spacial score (nSPS) is 14.5. The van der Waals surface area contributed by atoms with Crippen LogP contribution in [0.25, 0.3) is 10.9 Å². The molecule has 2 heterocycles. The summed E-state index contributed by atoms with van der Waals surface area (Å²) in [4.78, 5) is 45.2. The van der Waals surface area contributed by atoms with Gasteiger partial charge in [-0.05, 0) is 37.3 Å². The minimum absolute atomic E-state index is 0.131. The molecule has 34 heavy (non-hydrogen) atoms. The van der Waals surface area contributed by atoms with Gasteiger partial charge in [0, 0.05) is 17.4 Å². The Kier molecular flexibility index (Phi) is 8.96. The van der Waals surface area contributed by atoms with Gasteiger partial charge >= 0.3 is 18.0 Å². The van der Waals surface area contributed by atoms with Gasteiger partial charge in [0.25, 0.3) is 5.54 Å². The summed E-state index contributed by atoms with van der Waals surface area (Å²) in [6, 6.07) is 7.60. The lowest BCUT2D eigenvalue weighted by Gasteiger charge is -2.41. The second-order valence-corrected chi connectivity index (χ2v) is 8.58. The van der Waals surface area contributed by atoms with Crippen molar-refractivity contribution in [2.75, 3.05) is 26.4 Å². The number of amides is 1. The number of carbonyl (C=O) groups excluding carboxylic acids is 3. The van der Waals surface area contributed by atoms with Crippen LogP contribution in [-0.4, -0.2) is 54.3 Å². The van der Waals surface area contributed by atoms with Gasteiger partial charge in [-0.3, -0.25) is 4.90 Å². The van der Waals surface area contributed by atoms with Crippen LogP contribution in [0.4, 0.5) is 4.79 Å². The number of unbranched alkanes of at least 4 members (excludes halogenated alkanes) is 3. The Bertz CT molecular complexity index is 976. The van der Waals surface area contributed by atoms with Gasteiger partial charge in [-0.2, -0.15) is 0 Å². The van der Waals surface area contributed by atoms with Crippen molar-refractivity contribution in [2.45, 2.75) is 71.3 Å². The highest BCUT2D eigenvalue weighted by Crippen LogP contribution is 2.41. The molecular formula is C26H36N2O6. The molecule has 186 valence electrons. The maximum absolute atomic E-state index is 13.8. The van der Waals surface area contributed by atoms with Crippen LogP contribution in [0.2, 0.25) is 0 Å². The molecular weight excluding hydrogens is 436 g/mol. The van der Waals surface area contributed by atoms with Gasteiger partial charge in [-0.1, -0.05) is 58.2 Å². The van der Waals surface area contributed by atoms with Crippen molar-refractivity contribution in [1.29, 1.82) is 0 Å². The number of aromatic amines is 1. The van der Waals surface area contributed by atoms with E-state index in [0.717, 1.165) is 35.7 Å². The number of aromatic nitrogens is 1. The summed E-state index contributed by atoms with van der Waals surface area (Å²) < 4.78 is 16.7. The maximum atomic E-state index is 13.8. The number of fused-ring (bicyclic) bond motifs is 3.